The molecule has 196 valence electrons. The Morgan fingerprint density at radius 2 is 1.74 bits per heavy atom. The van der Waals surface area contributed by atoms with E-state index in [0.29, 0.717) is 36.8 Å². The molecule has 7 heteroatoms. The van der Waals surface area contributed by atoms with Crippen LogP contribution >= 0.6 is 0 Å². The molecule has 0 amide bonds. The number of aliphatic hydroxyl groups is 3. The van der Waals surface area contributed by atoms with E-state index in [1.165, 1.54) is 7.11 Å². The van der Waals surface area contributed by atoms with E-state index in [9.17, 15) is 29.7 Å². The Morgan fingerprint density at radius 3 is 2.34 bits per heavy atom. The van der Waals surface area contributed by atoms with Crippen LogP contribution in [0.4, 0.5) is 0 Å². The summed E-state index contributed by atoms with van der Waals surface area (Å²) < 4.78 is 4.78. The Balaban J connectivity index is 1.86. The van der Waals surface area contributed by atoms with Crippen molar-refractivity contribution in [1.82, 2.24) is 0 Å². The molecule has 3 N–H and O–H groups in total. The van der Waals surface area contributed by atoms with Gasteiger partial charge in [-0.2, -0.15) is 0 Å². The van der Waals surface area contributed by atoms with Gasteiger partial charge in [0.2, 0.25) is 0 Å². The molecule has 9 unspecified atom stereocenters. The molecule has 35 heavy (non-hydrogen) atoms. The summed E-state index contributed by atoms with van der Waals surface area (Å²) >= 11 is 0. The molecule has 0 heterocycles. The minimum absolute atomic E-state index is 0.0647. The number of carbonyl (C=O) groups excluding carboxylic acids is 3. The first-order valence-corrected chi connectivity index (χ1v) is 13.0. The highest BCUT2D eigenvalue weighted by Crippen LogP contribution is 2.70. The zero-order chi connectivity index (χ0) is 26.3. The smallest absolute Gasteiger partial charge is 0.305 e. The Labute approximate surface area is 208 Å². The predicted molar refractivity (Wildman–Crippen MR) is 129 cm³/mol. The van der Waals surface area contributed by atoms with Crippen LogP contribution in [0.25, 0.3) is 0 Å². The molecule has 0 bridgehead atoms. The lowest BCUT2D eigenvalue weighted by Gasteiger charge is -2.62. The van der Waals surface area contributed by atoms with Crippen molar-refractivity contribution >= 4 is 17.5 Å². The second kappa shape index (κ2) is 8.22. The summed E-state index contributed by atoms with van der Waals surface area (Å²) in [6, 6.07) is 0. The third-order valence-electron chi connectivity index (χ3n) is 11.2. The topological polar surface area (TPSA) is 121 Å². The van der Waals surface area contributed by atoms with E-state index in [2.05, 4.69) is 0 Å². The highest BCUT2D eigenvalue weighted by Gasteiger charge is 2.73. The van der Waals surface area contributed by atoms with Crippen LogP contribution in [0.5, 0.6) is 0 Å². The van der Waals surface area contributed by atoms with E-state index in [0.717, 1.165) is 0 Å². The Bertz CT molecular complexity index is 982. The van der Waals surface area contributed by atoms with Gasteiger partial charge < -0.3 is 20.1 Å². The van der Waals surface area contributed by atoms with Gasteiger partial charge in [0.15, 0.2) is 5.78 Å². The van der Waals surface area contributed by atoms with Gasteiger partial charge in [-0.05, 0) is 66.8 Å². The number of fused-ring (bicyclic) bond motifs is 4. The number of esters is 1. The lowest BCUT2D eigenvalue weighted by Crippen LogP contribution is -2.64. The average molecular weight is 491 g/mol. The van der Waals surface area contributed by atoms with Crippen LogP contribution in [-0.4, -0.2) is 58.3 Å². The fourth-order valence-corrected chi connectivity index (χ4v) is 8.77. The number of methoxy groups -OCH3 is 1. The van der Waals surface area contributed by atoms with E-state index in [4.69, 9.17) is 4.74 Å². The number of Topliss-reactive ketones (excluding diaryl/α,β-unsaturated/α-hetero) is 2. The van der Waals surface area contributed by atoms with Crippen LogP contribution < -0.4 is 0 Å². The zero-order valence-electron chi connectivity index (χ0n) is 22.2. The Kier molecular flexibility index (Phi) is 6.22. The maximum atomic E-state index is 14.1. The van der Waals surface area contributed by atoms with Crippen molar-refractivity contribution in [1.29, 1.82) is 0 Å². The monoisotopic (exact) mass is 490 g/mol. The molecule has 4 aliphatic rings. The maximum Gasteiger partial charge on any atom is 0.305 e. The van der Waals surface area contributed by atoms with Gasteiger partial charge in [0.05, 0.1) is 24.7 Å². The number of hydrogen-bond acceptors (Lipinski definition) is 7. The van der Waals surface area contributed by atoms with E-state index in [1.54, 1.807) is 0 Å². The number of carbonyl (C=O) groups is 3. The molecule has 0 aromatic heterocycles. The third kappa shape index (κ3) is 3.23. The highest BCUT2D eigenvalue weighted by molar-refractivity contribution is 6.07. The first-order chi connectivity index (χ1) is 16.1. The van der Waals surface area contributed by atoms with Crippen LogP contribution in [0.2, 0.25) is 0 Å². The molecular weight excluding hydrogens is 448 g/mol. The van der Waals surface area contributed by atoms with Gasteiger partial charge in [-0.3, -0.25) is 14.4 Å². The molecule has 4 aliphatic carbocycles. The van der Waals surface area contributed by atoms with Crippen LogP contribution in [0.3, 0.4) is 0 Å². The molecule has 0 aromatic rings. The summed E-state index contributed by atoms with van der Waals surface area (Å²) in [5.74, 6) is -1.38. The SMILES string of the molecule is COC(=O)CCC(C)C1CC(=O)C2(C)C3=C(C(=O)C(O)C12C)C1(C)CCC(O)C(C)(C)C1CC3O. The minimum atomic E-state index is -1.39. The predicted octanol–water partition coefficient (Wildman–Crippen LogP) is 2.99. The molecule has 0 saturated heterocycles. The van der Waals surface area contributed by atoms with Gasteiger partial charge >= 0.3 is 5.97 Å². The summed E-state index contributed by atoms with van der Waals surface area (Å²) in [6.45, 7) is 11.6. The van der Waals surface area contributed by atoms with Gasteiger partial charge in [0.25, 0.3) is 0 Å². The van der Waals surface area contributed by atoms with Crippen LogP contribution in [0.1, 0.15) is 80.1 Å². The van der Waals surface area contributed by atoms with Gasteiger partial charge in [-0.25, -0.2) is 0 Å². The summed E-state index contributed by atoms with van der Waals surface area (Å²) in [5.41, 5.74) is -2.53. The molecule has 0 aliphatic heterocycles. The van der Waals surface area contributed by atoms with Crippen molar-refractivity contribution in [2.24, 2.45) is 39.4 Å². The van der Waals surface area contributed by atoms with Crippen LogP contribution in [-0.2, 0) is 19.1 Å². The molecule has 9 atom stereocenters. The number of ether oxygens (including phenoxy) is 1. The Morgan fingerprint density at radius 1 is 1.11 bits per heavy atom. The van der Waals surface area contributed by atoms with E-state index >= 15 is 0 Å². The van der Waals surface area contributed by atoms with Crippen molar-refractivity contribution in [3.8, 4) is 0 Å². The van der Waals surface area contributed by atoms with Crippen LogP contribution in [0, 0.1) is 39.4 Å². The summed E-state index contributed by atoms with van der Waals surface area (Å²) in [7, 11) is 1.34. The van der Waals surface area contributed by atoms with Gasteiger partial charge in [0.1, 0.15) is 11.9 Å². The summed E-state index contributed by atoms with van der Waals surface area (Å²) in [6.07, 6.45) is -0.616. The zero-order valence-corrected chi connectivity index (χ0v) is 22.2. The van der Waals surface area contributed by atoms with Gasteiger partial charge in [-0.1, -0.05) is 34.6 Å². The first kappa shape index (κ1) is 26.5. The number of ketones is 2. The second-order valence-corrected chi connectivity index (χ2v) is 12.9. The van der Waals surface area contributed by atoms with Crippen LogP contribution in [0.15, 0.2) is 11.1 Å². The highest BCUT2D eigenvalue weighted by atomic mass is 16.5. The molecule has 2 saturated carbocycles. The summed E-state index contributed by atoms with van der Waals surface area (Å²) in [4.78, 5) is 39.7. The number of rotatable bonds is 4. The van der Waals surface area contributed by atoms with E-state index in [-0.39, 0.29) is 42.3 Å². The van der Waals surface area contributed by atoms with Gasteiger partial charge in [0, 0.05) is 23.8 Å². The van der Waals surface area contributed by atoms with Crippen molar-refractivity contribution in [2.75, 3.05) is 7.11 Å². The fraction of sp³-hybridized carbons (Fsp3) is 0.821. The maximum absolute atomic E-state index is 14.1. The normalized spacial score (nSPS) is 45.5. The second-order valence-electron chi connectivity index (χ2n) is 12.9. The van der Waals surface area contributed by atoms with E-state index in [1.807, 2.05) is 41.5 Å². The van der Waals surface area contributed by atoms with Gasteiger partial charge in [-0.15, -0.1) is 0 Å². The van der Waals surface area contributed by atoms with Crippen molar-refractivity contribution in [2.45, 2.75) is 98.4 Å². The molecule has 0 radical (unpaired) electrons. The quantitative estimate of drug-likeness (QED) is 0.518. The molecule has 0 spiro atoms. The fourth-order valence-electron chi connectivity index (χ4n) is 8.77. The summed E-state index contributed by atoms with van der Waals surface area (Å²) in [5, 5.41) is 34.0. The number of hydrogen-bond donors (Lipinski definition) is 3. The average Bonchev–Trinajstić information content (AvgIpc) is 3.01. The molecule has 2 fully saturated rings. The number of aliphatic hydroxyl groups excluding tert-OH is 3. The molecule has 7 nitrogen and oxygen atoms in total. The molecule has 0 aromatic carbocycles. The minimum Gasteiger partial charge on any atom is -0.469 e. The lowest BCUT2D eigenvalue weighted by molar-refractivity contribution is -0.160. The van der Waals surface area contributed by atoms with Crippen molar-refractivity contribution < 1.29 is 34.4 Å². The largest absolute Gasteiger partial charge is 0.469 e. The van der Waals surface area contributed by atoms with E-state index < -0.39 is 45.8 Å². The first-order valence-electron chi connectivity index (χ1n) is 13.0. The lowest BCUT2D eigenvalue weighted by atomic mass is 9.42. The molecular formula is C28H42O7. The standard InChI is InChI=1S/C28H42O7/c1-14(8-9-20(32)35-7)15-12-19(31)28(6)21-16(29)13-17-25(2,3)18(30)10-11-26(17,4)22(21)23(33)24(34)27(15,28)5/h14-18,24,29-30,34H,8-13H2,1-7H3. The van der Waals surface area contributed by atoms with Crippen molar-refractivity contribution in [3.63, 3.8) is 0 Å². The Hall–Kier alpha value is -1.57. The van der Waals surface area contributed by atoms with Crippen molar-refractivity contribution in [3.05, 3.63) is 11.1 Å². The molecule has 4 rings (SSSR count). The third-order valence-corrected chi connectivity index (χ3v) is 11.2.